The van der Waals surface area contributed by atoms with Crippen LogP contribution in [0.3, 0.4) is 0 Å². The van der Waals surface area contributed by atoms with Crippen molar-refractivity contribution in [1.82, 2.24) is 15.0 Å². The van der Waals surface area contributed by atoms with E-state index in [-0.39, 0.29) is 0 Å². The Morgan fingerprint density at radius 1 is 0.500 bits per heavy atom. The average molecular weight is 611 g/mol. The van der Waals surface area contributed by atoms with Crippen molar-refractivity contribution >= 4 is 44.1 Å². The van der Waals surface area contributed by atoms with Crippen LogP contribution < -0.4 is 0 Å². The predicted octanol–water partition coefficient (Wildman–Crippen LogP) is 11.0. The summed E-state index contributed by atoms with van der Waals surface area (Å²) in [7, 11) is 0. The summed E-state index contributed by atoms with van der Waals surface area (Å²) in [6.45, 7) is 15.7. The third-order valence-corrected chi connectivity index (χ3v) is 8.46. The van der Waals surface area contributed by atoms with Crippen LogP contribution in [0.15, 0.2) is 133 Å². The Kier molecular flexibility index (Phi) is 6.85. The molecule has 6 aromatic carbocycles. The van der Waals surface area contributed by atoms with E-state index in [0.29, 0.717) is 39.1 Å². The zero-order chi connectivity index (χ0) is 32.6. The molecule has 0 radical (unpaired) electrons. The maximum absolute atomic E-state index is 9.49. The number of pyridine rings is 1. The number of aromatic nitrogens is 3. The summed E-state index contributed by atoms with van der Waals surface area (Å²) in [6.07, 6.45) is 0. The lowest BCUT2D eigenvalue weighted by Crippen LogP contribution is -1.98. The van der Waals surface area contributed by atoms with Gasteiger partial charge in [-0.15, -0.1) is 0 Å². The van der Waals surface area contributed by atoms with Gasteiger partial charge in [-0.05, 0) is 47.0 Å². The van der Waals surface area contributed by atoms with Crippen molar-refractivity contribution in [3.63, 3.8) is 0 Å². The van der Waals surface area contributed by atoms with Crippen LogP contribution in [-0.2, 0) is 0 Å². The number of para-hydroxylation sites is 1. The topological polar surface area (TPSA) is 71.2 Å². The van der Waals surface area contributed by atoms with Gasteiger partial charge in [-0.2, -0.15) is 5.26 Å². The first kappa shape index (κ1) is 28.3. The van der Waals surface area contributed by atoms with Gasteiger partial charge in [0.05, 0.1) is 52.8 Å². The van der Waals surface area contributed by atoms with E-state index in [4.69, 9.17) is 28.1 Å². The van der Waals surface area contributed by atoms with Crippen LogP contribution in [0.4, 0.5) is 11.4 Å². The second kappa shape index (κ2) is 11.6. The number of hydrogen-bond acceptors (Lipinski definition) is 4. The van der Waals surface area contributed by atoms with Crippen LogP contribution in [0.1, 0.15) is 5.56 Å². The van der Waals surface area contributed by atoms with Crippen LogP contribution in [0.2, 0.25) is 0 Å². The molecule has 0 atom stereocenters. The maximum Gasteiger partial charge on any atom is 0.199 e. The second-order valence-corrected chi connectivity index (χ2v) is 11.3. The van der Waals surface area contributed by atoms with Crippen molar-refractivity contribution < 1.29 is 0 Å². The lowest BCUT2D eigenvalue weighted by atomic mass is 9.95. The zero-order valence-electron chi connectivity index (χ0n) is 25.4. The van der Waals surface area contributed by atoms with Gasteiger partial charge in [0.15, 0.2) is 11.4 Å². The van der Waals surface area contributed by atoms with Gasteiger partial charge in [-0.1, -0.05) is 103 Å². The largest absolute Gasteiger partial charge is 0.248 e. The SMILES string of the molecule is [C-]#[N+]c1cc(C#N)cc(-c2ccc(-c3nc4ccccc4c4c3c([N+]#[C-])cc3nc(-c5ccccc5)c(-c5ccccc5)nc34)cc2)c1. The predicted molar refractivity (Wildman–Crippen MR) is 191 cm³/mol. The lowest BCUT2D eigenvalue weighted by molar-refractivity contribution is 1.30. The van der Waals surface area contributed by atoms with Gasteiger partial charge in [0.25, 0.3) is 0 Å². The molecule has 0 saturated heterocycles. The Hall–Kier alpha value is -7.20. The van der Waals surface area contributed by atoms with Crippen molar-refractivity contribution in [2.24, 2.45) is 0 Å². The fourth-order valence-corrected chi connectivity index (χ4v) is 6.26. The highest BCUT2D eigenvalue weighted by Crippen LogP contribution is 2.43. The standard InChI is InChI=1S/C42H22N6/c1-44-32-22-26(25-43)21-31(23-32)27-17-19-30(20-18-27)39-38-35(45-2)24-36-42(37(38)33-15-9-10-16-34(33)46-39)48-41(29-13-7-4-8-14-29)40(47-36)28-11-5-3-6-12-28/h3-24H. The molecule has 220 valence electrons. The normalized spacial score (nSPS) is 10.9. The van der Waals surface area contributed by atoms with E-state index < -0.39 is 0 Å². The molecule has 2 heterocycles. The molecule has 0 saturated carbocycles. The number of fused-ring (bicyclic) bond motifs is 5. The summed E-state index contributed by atoms with van der Waals surface area (Å²) in [5, 5.41) is 11.9. The van der Waals surface area contributed by atoms with Gasteiger partial charge in [0.1, 0.15) is 0 Å². The quantitative estimate of drug-likeness (QED) is 0.147. The molecule has 0 amide bonds. The van der Waals surface area contributed by atoms with Crippen LogP contribution in [0.5, 0.6) is 0 Å². The summed E-state index contributed by atoms with van der Waals surface area (Å²) in [5.41, 5.74) is 9.97. The minimum atomic E-state index is 0.412. The molecule has 2 aromatic heterocycles. The Balaban J connectivity index is 1.42. The van der Waals surface area contributed by atoms with Crippen LogP contribution in [0, 0.1) is 24.5 Å². The van der Waals surface area contributed by atoms with Gasteiger partial charge in [-0.3, -0.25) is 0 Å². The highest BCUT2D eigenvalue weighted by atomic mass is 14.8. The summed E-state index contributed by atoms with van der Waals surface area (Å²) < 4.78 is 0. The van der Waals surface area contributed by atoms with E-state index in [2.05, 4.69) is 15.8 Å². The van der Waals surface area contributed by atoms with Crippen molar-refractivity contribution in [1.29, 1.82) is 5.26 Å². The Morgan fingerprint density at radius 3 is 1.77 bits per heavy atom. The summed E-state index contributed by atoms with van der Waals surface area (Å²) in [4.78, 5) is 23.2. The molecule has 6 heteroatoms. The molecule has 0 bridgehead atoms. The molecule has 6 nitrogen and oxygen atoms in total. The molecule has 48 heavy (non-hydrogen) atoms. The molecule has 0 N–H and O–H groups in total. The smallest absolute Gasteiger partial charge is 0.199 e. The van der Waals surface area contributed by atoms with Crippen LogP contribution in [0.25, 0.3) is 87.3 Å². The van der Waals surface area contributed by atoms with Crippen molar-refractivity contribution in [2.75, 3.05) is 0 Å². The van der Waals surface area contributed by atoms with Gasteiger partial charge < -0.3 is 0 Å². The maximum atomic E-state index is 9.49. The summed E-state index contributed by atoms with van der Waals surface area (Å²) in [5.74, 6) is 0. The highest BCUT2D eigenvalue weighted by molar-refractivity contribution is 6.25. The van der Waals surface area contributed by atoms with E-state index in [0.717, 1.165) is 55.5 Å². The van der Waals surface area contributed by atoms with Gasteiger partial charge in [0.2, 0.25) is 0 Å². The summed E-state index contributed by atoms with van der Waals surface area (Å²) in [6, 6.07) is 45.0. The van der Waals surface area contributed by atoms with Crippen molar-refractivity contribution in [3.05, 3.63) is 162 Å². The van der Waals surface area contributed by atoms with Gasteiger partial charge in [-0.25, -0.2) is 24.6 Å². The molecule has 8 aromatic rings. The molecule has 0 spiro atoms. The zero-order valence-corrected chi connectivity index (χ0v) is 25.4. The number of rotatable bonds is 4. The molecule has 0 aliphatic rings. The third-order valence-electron chi connectivity index (χ3n) is 8.46. The summed E-state index contributed by atoms with van der Waals surface area (Å²) >= 11 is 0. The van der Waals surface area contributed by atoms with E-state index in [1.807, 2.05) is 115 Å². The average Bonchev–Trinajstić information content (AvgIpc) is 3.17. The third kappa shape index (κ3) is 4.77. The minimum Gasteiger partial charge on any atom is -0.248 e. The second-order valence-electron chi connectivity index (χ2n) is 11.3. The fourth-order valence-electron chi connectivity index (χ4n) is 6.26. The van der Waals surface area contributed by atoms with E-state index in [1.165, 1.54) is 0 Å². The van der Waals surface area contributed by atoms with Crippen LogP contribution >= 0.6 is 0 Å². The number of benzene rings is 6. The highest BCUT2D eigenvalue weighted by Gasteiger charge is 2.21. The van der Waals surface area contributed by atoms with E-state index in [9.17, 15) is 5.26 Å². The Labute approximate surface area is 276 Å². The first-order valence-corrected chi connectivity index (χ1v) is 15.2. The van der Waals surface area contributed by atoms with Crippen molar-refractivity contribution in [2.45, 2.75) is 0 Å². The van der Waals surface area contributed by atoms with Gasteiger partial charge in [0, 0.05) is 32.8 Å². The minimum absolute atomic E-state index is 0.412. The molecule has 0 aliphatic carbocycles. The van der Waals surface area contributed by atoms with Crippen molar-refractivity contribution in [3.8, 4) is 51.0 Å². The van der Waals surface area contributed by atoms with Gasteiger partial charge >= 0.3 is 0 Å². The van der Waals surface area contributed by atoms with E-state index >= 15 is 0 Å². The van der Waals surface area contributed by atoms with Crippen LogP contribution in [-0.4, -0.2) is 15.0 Å². The van der Waals surface area contributed by atoms with E-state index in [1.54, 1.807) is 18.2 Å². The first-order valence-electron chi connectivity index (χ1n) is 15.2. The number of hydrogen-bond donors (Lipinski definition) is 0. The number of nitriles is 1. The Bertz CT molecular complexity index is 2650. The molecule has 0 unspecified atom stereocenters. The number of nitrogens with zero attached hydrogens (tertiary/aromatic N) is 6. The molecular weight excluding hydrogens is 589 g/mol. The molecule has 8 rings (SSSR count). The fraction of sp³-hybridized carbons (Fsp3) is 0. The monoisotopic (exact) mass is 610 g/mol. The molecular formula is C42H22N6. The lowest BCUT2D eigenvalue weighted by Gasteiger charge is -2.16. The molecule has 0 aliphatic heterocycles. The Morgan fingerprint density at radius 2 is 1.10 bits per heavy atom. The first-order chi connectivity index (χ1) is 23.6. The molecule has 0 fully saturated rings.